The molecule has 1 heterocycles. The fourth-order valence-electron chi connectivity index (χ4n) is 2.12. The molecule has 0 unspecified atom stereocenters. The highest BCUT2D eigenvalue weighted by Gasteiger charge is 2.21. The minimum atomic E-state index is -0.440. The van der Waals surface area contributed by atoms with Gasteiger partial charge in [0.1, 0.15) is 5.00 Å². The zero-order chi connectivity index (χ0) is 18.6. The van der Waals surface area contributed by atoms with Gasteiger partial charge in [-0.15, -0.1) is 11.3 Å². The first-order valence-corrected chi connectivity index (χ1v) is 9.12. The van der Waals surface area contributed by atoms with Crippen LogP contribution in [0.1, 0.15) is 33.3 Å². The van der Waals surface area contributed by atoms with Crippen LogP contribution >= 0.6 is 34.5 Å². The van der Waals surface area contributed by atoms with Gasteiger partial charge in [-0.2, -0.15) is 0 Å². The van der Waals surface area contributed by atoms with Crippen LogP contribution in [0.5, 0.6) is 0 Å². The van der Waals surface area contributed by atoms with Gasteiger partial charge in [0.05, 0.1) is 12.2 Å². The van der Waals surface area contributed by atoms with Crippen molar-refractivity contribution in [3.63, 3.8) is 0 Å². The molecule has 0 bridgehead atoms. The Balaban J connectivity index is 2.19. The number of hydrogen-bond donors (Lipinski definition) is 1. The van der Waals surface area contributed by atoms with E-state index in [-0.39, 0.29) is 12.5 Å². The normalized spacial score (nSPS) is 10.9. The van der Waals surface area contributed by atoms with Gasteiger partial charge >= 0.3 is 5.97 Å². The summed E-state index contributed by atoms with van der Waals surface area (Å²) < 4.78 is 5.07. The minimum Gasteiger partial charge on any atom is -0.462 e. The molecule has 132 valence electrons. The summed E-state index contributed by atoms with van der Waals surface area (Å²) in [5.74, 6) is -0.804. The molecule has 0 fully saturated rings. The number of amides is 1. The lowest BCUT2D eigenvalue weighted by molar-refractivity contribution is -0.111. The average molecular weight is 398 g/mol. The van der Waals surface area contributed by atoms with Gasteiger partial charge in [0, 0.05) is 21.0 Å². The molecule has 1 N–H and O–H groups in total. The zero-order valence-corrected chi connectivity index (χ0v) is 16.3. The zero-order valence-electron chi connectivity index (χ0n) is 14.0. The topological polar surface area (TPSA) is 55.4 Å². The molecule has 0 saturated heterocycles. The van der Waals surface area contributed by atoms with Crippen LogP contribution in [0.4, 0.5) is 5.00 Å². The standard InChI is InChI=1S/C18H17Cl2NO3S/c1-4-24-18(23)16-10(2)11(3)25-17(16)21-15(22)8-6-12-5-7-13(19)9-14(12)20/h5-9H,4H2,1-3H3,(H,21,22). The van der Waals surface area contributed by atoms with Crippen molar-refractivity contribution in [1.82, 2.24) is 0 Å². The maximum Gasteiger partial charge on any atom is 0.341 e. The smallest absolute Gasteiger partial charge is 0.341 e. The third-order valence-electron chi connectivity index (χ3n) is 3.48. The molecule has 1 aromatic heterocycles. The van der Waals surface area contributed by atoms with Gasteiger partial charge in [0.15, 0.2) is 0 Å². The fraction of sp³-hybridized carbons (Fsp3) is 0.222. The molecular formula is C18H17Cl2NO3S. The summed E-state index contributed by atoms with van der Waals surface area (Å²) >= 11 is 13.3. The van der Waals surface area contributed by atoms with Crippen LogP contribution in [0.2, 0.25) is 10.0 Å². The van der Waals surface area contributed by atoms with Crippen LogP contribution in [0.25, 0.3) is 6.08 Å². The lowest BCUT2D eigenvalue weighted by Gasteiger charge is -2.05. The van der Waals surface area contributed by atoms with Crippen LogP contribution in [-0.2, 0) is 9.53 Å². The number of thiophene rings is 1. The van der Waals surface area contributed by atoms with Crippen LogP contribution in [0.3, 0.4) is 0 Å². The summed E-state index contributed by atoms with van der Waals surface area (Å²) in [6.45, 7) is 5.73. The van der Waals surface area contributed by atoms with E-state index in [0.717, 1.165) is 10.4 Å². The molecule has 7 heteroatoms. The molecule has 4 nitrogen and oxygen atoms in total. The first-order chi connectivity index (χ1) is 11.8. The van der Waals surface area contributed by atoms with E-state index >= 15 is 0 Å². The summed E-state index contributed by atoms with van der Waals surface area (Å²) in [4.78, 5) is 25.3. The Morgan fingerprint density at radius 3 is 2.64 bits per heavy atom. The van der Waals surface area contributed by atoms with E-state index in [9.17, 15) is 9.59 Å². The van der Waals surface area contributed by atoms with Gasteiger partial charge < -0.3 is 10.1 Å². The average Bonchev–Trinajstić information content (AvgIpc) is 2.81. The number of esters is 1. The molecule has 0 aliphatic rings. The predicted molar refractivity (Wildman–Crippen MR) is 104 cm³/mol. The third kappa shape index (κ3) is 4.84. The molecular weight excluding hydrogens is 381 g/mol. The second kappa shape index (κ2) is 8.52. The van der Waals surface area contributed by atoms with Crippen LogP contribution in [0, 0.1) is 13.8 Å². The second-order valence-corrected chi connectivity index (χ2v) is 7.26. The number of halogens is 2. The fourth-order valence-corrected chi connectivity index (χ4v) is 3.64. The van der Waals surface area contributed by atoms with E-state index in [1.54, 1.807) is 31.2 Å². The molecule has 0 atom stereocenters. The Morgan fingerprint density at radius 2 is 2.00 bits per heavy atom. The quantitative estimate of drug-likeness (QED) is 0.535. The van der Waals surface area contributed by atoms with E-state index in [0.29, 0.717) is 26.2 Å². The highest BCUT2D eigenvalue weighted by Crippen LogP contribution is 2.33. The van der Waals surface area contributed by atoms with Crippen molar-refractivity contribution >= 4 is 57.5 Å². The molecule has 2 aromatic rings. The Bertz CT molecular complexity index is 843. The van der Waals surface area contributed by atoms with Gasteiger partial charge in [-0.3, -0.25) is 4.79 Å². The number of rotatable bonds is 5. The van der Waals surface area contributed by atoms with Crippen molar-refractivity contribution < 1.29 is 14.3 Å². The molecule has 0 aliphatic carbocycles. The monoisotopic (exact) mass is 397 g/mol. The minimum absolute atomic E-state index is 0.273. The molecule has 0 saturated carbocycles. The molecule has 1 amide bonds. The van der Waals surface area contributed by atoms with E-state index in [1.165, 1.54) is 17.4 Å². The summed E-state index contributed by atoms with van der Waals surface area (Å²) in [7, 11) is 0. The van der Waals surface area contributed by atoms with Crippen molar-refractivity contribution in [3.8, 4) is 0 Å². The summed E-state index contributed by atoms with van der Waals surface area (Å²) in [5, 5.41) is 4.19. The van der Waals surface area contributed by atoms with Gasteiger partial charge in [0.25, 0.3) is 0 Å². The highest BCUT2D eigenvalue weighted by molar-refractivity contribution is 7.16. The van der Waals surface area contributed by atoms with Gasteiger partial charge in [-0.25, -0.2) is 4.79 Å². The van der Waals surface area contributed by atoms with E-state index in [1.807, 2.05) is 13.8 Å². The van der Waals surface area contributed by atoms with Crippen molar-refractivity contribution in [3.05, 3.63) is 55.9 Å². The van der Waals surface area contributed by atoms with E-state index < -0.39 is 5.97 Å². The summed E-state index contributed by atoms with van der Waals surface area (Å²) in [6, 6.07) is 5.01. The van der Waals surface area contributed by atoms with E-state index in [4.69, 9.17) is 27.9 Å². The number of carbonyl (C=O) groups is 2. The lowest BCUT2D eigenvalue weighted by Crippen LogP contribution is -2.12. The number of benzene rings is 1. The van der Waals surface area contributed by atoms with Gasteiger partial charge in [-0.05, 0) is 50.1 Å². The highest BCUT2D eigenvalue weighted by atomic mass is 35.5. The molecule has 2 rings (SSSR count). The Kier molecular flexibility index (Phi) is 6.64. The Labute approximate surface area is 160 Å². The molecule has 0 radical (unpaired) electrons. The number of ether oxygens (including phenoxy) is 1. The molecule has 25 heavy (non-hydrogen) atoms. The third-order valence-corrected chi connectivity index (χ3v) is 5.16. The second-order valence-electron chi connectivity index (χ2n) is 5.20. The number of anilines is 1. The van der Waals surface area contributed by atoms with E-state index in [2.05, 4.69) is 5.32 Å². The van der Waals surface area contributed by atoms with Gasteiger partial charge in [-0.1, -0.05) is 29.3 Å². The largest absolute Gasteiger partial charge is 0.462 e. The molecule has 0 spiro atoms. The summed E-state index contributed by atoms with van der Waals surface area (Å²) in [6.07, 6.45) is 2.94. The van der Waals surface area contributed by atoms with Crippen molar-refractivity contribution in [2.45, 2.75) is 20.8 Å². The van der Waals surface area contributed by atoms with Crippen molar-refractivity contribution in [1.29, 1.82) is 0 Å². The molecule has 0 aliphatic heterocycles. The first-order valence-electron chi connectivity index (χ1n) is 7.54. The van der Waals surface area contributed by atoms with Gasteiger partial charge in [0.2, 0.25) is 5.91 Å². The maximum atomic E-state index is 12.2. The number of nitrogens with one attached hydrogen (secondary N) is 1. The van der Waals surface area contributed by atoms with Crippen molar-refractivity contribution in [2.24, 2.45) is 0 Å². The predicted octanol–water partition coefficient (Wildman–Crippen LogP) is 5.50. The van der Waals surface area contributed by atoms with Crippen molar-refractivity contribution in [2.75, 3.05) is 11.9 Å². The molecule has 1 aromatic carbocycles. The lowest BCUT2D eigenvalue weighted by atomic mass is 10.1. The van der Waals surface area contributed by atoms with Crippen LogP contribution < -0.4 is 5.32 Å². The number of carbonyl (C=O) groups excluding carboxylic acids is 2. The number of aryl methyl sites for hydroxylation is 1. The van der Waals surface area contributed by atoms with Crippen LogP contribution in [0.15, 0.2) is 24.3 Å². The SMILES string of the molecule is CCOC(=O)c1c(NC(=O)C=Cc2ccc(Cl)cc2Cl)sc(C)c1C. The maximum absolute atomic E-state index is 12.2. The first kappa shape index (κ1) is 19.5. The Hall–Kier alpha value is -1.82. The van der Waals surface area contributed by atoms with Crippen LogP contribution in [-0.4, -0.2) is 18.5 Å². The summed E-state index contributed by atoms with van der Waals surface area (Å²) in [5.41, 5.74) is 1.88. The Morgan fingerprint density at radius 1 is 1.28 bits per heavy atom. The number of hydrogen-bond acceptors (Lipinski definition) is 4.